The fourth-order valence-corrected chi connectivity index (χ4v) is 2.51. The van der Waals surface area contributed by atoms with Crippen LogP contribution in [0, 0.1) is 23.4 Å². The summed E-state index contributed by atoms with van der Waals surface area (Å²) in [4.78, 5) is 0. The summed E-state index contributed by atoms with van der Waals surface area (Å²) in [5.41, 5.74) is 5.68. The van der Waals surface area contributed by atoms with Crippen LogP contribution in [0.4, 0.5) is 18.9 Å². The molecule has 0 amide bonds. The van der Waals surface area contributed by atoms with Gasteiger partial charge in [0.05, 0.1) is 5.69 Å². The Morgan fingerprint density at radius 1 is 1.06 bits per heavy atom. The zero-order valence-corrected chi connectivity index (χ0v) is 10.1. The number of anilines is 1. The van der Waals surface area contributed by atoms with E-state index in [9.17, 15) is 13.2 Å². The lowest BCUT2D eigenvalue weighted by molar-refractivity contribution is 0.331. The first-order chi connectivity index (χ1) is 8.61. The van der Waals surface area contributed by atoms with Crippen molar-refractivity contribution in [2.75, 3.05) is 11.9 Å². The molecule has 100 valence electrons. The van der Waals surface area contributed by atoms with Gasteiger partial charge < -0.3 is 11.1 Å². The molecule has 1 saturated carbocycles. The molecule has 0 bridgehead atoms. The number of benzene rings is 1. The SMILES string of the molecule is NCC1CCCCC1Nc1cc(F)c(F)cc1F. The maximum Gasteiger partial charge on any atom is 0.161 e. The van der Waals surface area contributed by atoms with E-state index in [2.05, 4.69) is 5.32 Å². The molecule has 1 aromatic carbocycles. The van der Waals surface area contributed by atoms with Crippen LogP contribution in [0.15, 0.2) is 12.1 Å². The topological polar surface area (TPSA) is 38.0 Å². The number of rotatable bonds is 3. The van der Waals surface area contributed by atoms with Crippen LogP contribution in [0.2, 0.25) is 0 Å². The summed E-state index contributed by atoms with van der Waals surface area (Å²) in [7, 11) is 0. The Labute approximate surface area is 104 Å². The van der Waals surface area contributed by atoms with Gasteiger partial charge in [-0.1, -0.05) is 12.8 Å². The average molecular weight is 258 g/mol. The van der Waals surface area contributed by atoms with Crippen LogP contribution in [-0.4, -0.2) is 12.6 Å². The van der Waals surface area contributed by atoms with E-state index in [1.54, 1.807) is 0 Å². The van der Waals surface area contributed by atoms with Gasteiger partial charge in [0.25, 0.3) is 0 Å². The van der Waals surface area contributed by atoms with Gasteiger partial charge in [-0.25, -0.2) is 13.2 Å². The Balaban J connectivity index is 2.15. The van der Waals surface area contributed by atoms with Crippen molar-refractivity contribution in [1.29, 1.82) is 0 Å². The Morgan fingerprint density at radius 2 is 1.72 bits per heavy atom. The first kappa shape index (κ1) is 13.2. The van der Waals surface area contributed by atoms with Crippen molar-refractivity contribution < 1.29 is 13.2 Å². The summed E-state index contributed by atoms with van der Waals surface area (Å²) in [5, 5.41) is 2.96. The molecule has 5 heteroatoms. The third-order valence-electron chi connectivity index (χ3n) is 3.56. The zero-order chi connectivity index (χ0) is 13.1. The molecule has 0 spiro atoms. The number of halogens is 3. The number of nitrogens with two attached hydrogens (primary N) is 1. The standard InChI is InChI=1S/C13H17F3N2/c14-9-5-11(16)13(6-10(9)15)18-12-4-2-1-3-8(12)7-17/h5-6,8,12,18H,1-4,7,17H2. The molecule has 1 aromatic rings. The molecule has 2 rings (SSSR count). The molecule has 18 heavy (non-hydrogen) atoms. The van der Waals surface area contributed by atoms with Gasteiger partial charge in [0.1, 0.15) is 5.82 Å². The highest BCUT2D eigenvalue weighted by molar-refractivity contribution is 5.46. The maximum atomic E-state index is 13.5. The summed E-state index contributed by atoms with van der Waals surface area (Å²) >= 11 is 0. The lowest BCUT2D eigenvalue weighted by Gasteiger charge is -2.32. The number of hydrogen-bond acceptors (Lipinski definition) is 2. The predicted octanol–water partition coefficient (Wildman–Crippen LogP) is 3.03. The van der Waals surface area contributed by atoms with E-state index in [0.717, 1.165) is 31.7 Å². The van der Waals surface area contributed by atoms with Crippen molar-refractivity contribution in [3.8, 4) is 0 Å². The molecule has 1 aliphatic rings. The third kappa shape index (κ3) is 2.77. The molecule has 0 aliphatic heterocycles. The number of nitrogens with one attached hydrogen (secondary N) is 1. The fraction of sp³-hybridized carbons (Fsp3) is 0.538. The van der Waals surface area contributed by atoms with E-state index >= 15 is 0 Å². The fourth-order valence-electron chi connectivity index (χ4n) is 2.51. The molecule has 2 nitrogen and oxygen atoms in total. The highest BCUT2D eigenvalue weighted by Crippen LogP contribution is 2.28. The van der Waals surface area contributed by atoms with Gasteiger partial charge in [0, 0.05) is 18.2 Å². The summed E-state index contributed by atoms with van der Waals surface area (Å²) in [6, 6.07) is 1.47. The van der Waals surface area contributed by atoms with E-state index in [0.29, 0.717) is 12.6 Å². The van der Waals surface area contributed by atoms with Crippen molar-refractivity contribution in [3.05, 3.63) is 29.6 Å². The highest BCUT2D eigenvalue weighted by atomic mass is 19.2. The van der Waals surface area contributed by atoms with Crippen LogP contribution in [0.5, 0.6) is 0 Å². The second-order valence-corrected chi connectivity index (χ2v) is 4.78. The first-order valence-corrected chi connectivity index (χ1v) is 6.23. The molecule has 2 unspecified atom stereocenters. The van der Waals surface area contributed by atoms with Crippen molar-refractivity contribution >= 4 is 5.69 Å². The molecule has 0 saturated heterocycles. The van der Waals surface area contributed by atoms with Crippen LogP contribution < -0.4 is 11.1 Å². The zero-order valence-electron chi connectivity index (χ0n) is 10.1. The van der Waals surface area contributed by atoms with E-state index in [1.165, 1.54) is 0 Å². The average Bonchev–Trinajstić information content (AvgIpc) is 2.36. The van der Waals surface area contributed by atoms with Crippen LogP contribution in [0.3, 0.4) is 0 Å². The molecular weight excluding hydrogens is 241 g/mol. The molecule has 0 aromatic heterocycles. The second-order valence-electron chi connectivity index (χ2n) is 4.78. The highest BCUT2D eigenvalue weighted by Gasteiger charge is 2.24. The van der Waals surface area contributed by atoms with Crippen molar-refractivity contribution in [2.45, 2.75) is 31.7 Å². The normalized spacial score (nSPS) is 24.0. The van der Waals surface area contributed by atoms with Crippen molar-refractivity contribution in [3.63, 3.8) is 0 Å². The minimum absolute atomic E-state index is 0.0132. The van der Waals surface area contributed by atoms with E-state index in [-0.39, 0.29) is 17.6 Å². The Kier molecular flexibility index (Phi) is 4.11. The quantitative estimate of drug-likeness (QED) is 0.818. The number of hydrogen-bond donors (Lipinski definition) is 2. The van der Waals surface area contributed by atoms with Gasteiger partial charge in [-0.15, -0.1) is 0 Å². The molecular formula is C13H17F3N2. The molecule has 0 radical (unpaired) electrons. The Hall–Kier alpha value is -1.23. The molecule has 2 atom stereocenters. The summed E-state index contributed by atoms with van der Waals surface area (Å²) in [6.45, 7) is 0.517. The molecule has 3 N–H and O–H groups in total. The lowest BCUT2D eigenvalue weighted by Crippen LogP contribution is -2.37. The minimum atomic E-state index is -1.17. The van der Waals surface area contributed by atoms with Gasteiger partial charge in [-0.3, -0.25) is 0 Å². The molecule has 1 aliphatic carbocycles. The maximum absolute atomic E-state index is 13.5. The molecule has 0 heterocycles. The van der Waals surface area contributed by atoms with E-state index < -0.39 is 17.5 Å². The Morgan fingerprint density at radius 3 is 2.44 bits per heavy atom. The predicted molar refractivity (Wildman–Crippen MR) is 64.7 cm³/mol. The van der Waals surface area contributed by atoms with Crippen LogP contribution in [0.1, 0.15) is 25.7 Å². The lowest BCUT2D eigenvalue weighted by atomic mass is 9.84. The van der Waals surface area contributed by atoms with E-state index in [4.69, 9.17) is 5.73 Å². The van der Waals surface area contributed by atoms with Gasteiger partial charge in [-0.2, -0.15) is 0 Å². The van der Waals surface area contributed by atoms with Crippen LogP contribution in [0.25, 0.3) is 0 Å². The first-order valence-electron chi connectivity index (χ1n) is 6.23. The molecule has 1 fully saturated rings. The smallest absolute Gasteiger partial charge is 0.161 e. The second kappa shape index (κ2) is 5.61. The third-order valence-corrected chi connectivity index (χ3v) is 3.56. The summed E-state index contributed by atoms with van der Waals surface area (Å²) in [6.07, 6.45) is 4.01. The monoisotopic (exact) mass is 258 g/mol. The van der Waals surface area contributed by atoms with Gasteiger partial charge >= 0.3 is 0 Å². The van der Waals surface area contributed by atoms with Gasteiger partial charge in [0.2, 0.25) is 0 Å². The van der Waals surface area contributed by atoms with Gasteiger partial charge in [0.15, 0.2) is 11.6 Å². The van der Waals surface area contributed by atoms with E-state index in [1.807, 2.05) is 0 Å². The Bertz CT molecular complexity index is 423. The van der Waals surface area contributed by atoms with Crippen molar-refractivity contribution in [1.82, 2.24) is 0 Å². The summed E-state index contributed by atoms with van der Waals surface area (Å²) < 4.78 is 39.4. The van der Waals surface area contributed by atoms with Crippen LogP contribution in [-0.2, 0) is 0 Å². The minimum Gasteiger partial charge on any atom is -0.380 e. The van der Waals surface area contributed by atoms with Gasteiger partial charge in [-0.05, 0) is 25.3 Å². The summed E-state index contributed by atoms with van der Waals surface area (Å²) in [5.74, 6) is -2.72. The van der Waals surface area contributed by atoms with Crippen LogP contribution >= 0.6 is 0 Å². The largest absolute Gasteiger partial charge is 0.380 e. The van der Waals surface area contributed by atoms with Crippen molar-refractivity contribution in [2.24, 2.45) is 11.7 Å².